The number of rotatable bonds is 2. The van der Waals surface area contributed by atoms with E-state index in [1.807, 2.05) is 21.0 Å². The van der Waals surface area contributed by atoms with E-state index in [9.17, 15) is 4.79 Å². The summed E-state index contributed by atoms with van der Waals surface area (Å²) in [4.78, 5) is 10.6. The van der Waals surface area contributed by atoms with Crippen LogP contribution in [-0.4, -0.2) is 26.6 Å². The van der Waals surface area contributed by atoms with Crippen molar-refractivity contribution in [3.63, 3.8) is 0 Å². The molecule has 0 fully saturated rings. The highest BCUT2D eigenvalue weighted by Crippen LogP contribution is 2.19. The minimum atomic E-state index is 0.395. The highest BCUT2D eigenvalue weighted by molar-refractivity contribution is 6.33. The summed E-state index contributed by atoms with van der Waals surface area (Å²) in [6, 6.07) is 3.45. The number of nitrogens with one attached hydrogen (secondary N) is 2. The van der Waals surface area contributed by atoms with E-state index >= 15 is 0 Å². The van der Waals surface area contributed by atoms with Crippen molar-refractivity contribution >= 4 is 24.1 Å². The zero-order valence-electron chi connectivity index (χ0n) is 9.10. The van der Waals surface area contributed by atoms with E-state index < -0.39 is 0 Å². The van der Waals surface area contributed by atoms with Crippen LogP contribution in [0.4, 0.5) is 0 Å². The summed E-state index contributed by atoms with van der Waals surface area (Å²) in [5.74, 6) is 0. The van der Waals surface area contributed by atoms with Gasteiger partial charge in [-0.15, -0.1) is 0 Å². The van der Waals surface area contributed by atoms with Gasteiger partial charge in [-0.05, 0) is 32.6 Å². The molecule has 1 aromatic rings. The summed E-state index contributed by atoms with van der Waals surface area (Å²) in [6.07, 6.45) is 1.82. The maximum atomic E-state index is 10.6. The van der Waals surface area contributed by atoms with Gasteiger partial charge in [0, 0.05) is 17.3 Å². The first kappa shape index (κ1) is 13.8. The minimum absolute atomic E-state index is 0.395. The topological polar surface area (TPSA) is 53.0 Å². The second-order valence-corrected chi connectivity index (χ2v) is 3.36. The molecule has 0 aliphatic carbocycles. The molecule has 0 unspecified atom stereocenters. The van der Waals surface area contributed by atoms with Gasteiger partial charge in [0.15, 0.2) is 6.29 Å². The van der Waals surface area contributed by atoms with Crippen molar-refractivity contribution in [2.75, 3.05) is 14.1 Å². The molecule has 0 saturated carbocycles. The number of halogens is 1. The molecule has 0 aliphatic heterocycles. The van der Waals surface area contributed by atoms with Gasteiger partial charge in [-0.3, -0.25) is 4.79 Å². The van der Waals surface area contributed by atoms with Crippen molar-refractivity contribution in [1.29, 1.82) is 5.41 Å². The predicted molar refractivity (Wildman–Crippen MR) is 64.4 cm³/mol. The fourth-order valence-electron chi connectivity index (χ4n) is 1.03. The molecule has 0 aliphatic rings. The van der Waals surface area contributed by atoms with E-state index in [1.54, 1.807) is 12.1 Å². The van der Waals surface area contributed by atoms with Crippen molar-refractivity contribution in [2.45, 2.75) is 6.92 Å². The van der Waals surface area contributed by atoms with Crippen LogP contribution in [0.25, 0.3) is 0 Å². The highest BCUT2D eigenvalue weighted by Gasteiger charge is 2.06. The first-order chi connectivity index (χ1) is 7.12. The van der Waals surface area contributed by atoms with Crippen LogP contribution in [-0.2, 0) is 0 Å². The Morgan fingerprint density at radius 3 is 2.20 bits per heavy atom. The van der Waals surface area contributed by atoms with Crippen LogP contribution >= 0.6 is 11.6 Å². The van der Waals surface area contributed by atoms with E-state index in [1.165, 1.54) is 0 Å². The van der Waals surface area contributed by atoms with Gasteiger partial charge in [0.2, 0.25) is 0 Å². The van der Waals surface area contributed by atoms with Crippen LogP contribution in [0, 0.1) is 12.3 Å². The molecule has 4 heteroatoms. The monoisotopic (exact) mass is 226 g/mol. The minimum Gasteiger partial charge on any atom is -0.323 e. The SMILES string of the molecule is CNC.Cc1ccc(Cl)c(C=O)c1C=N. The summed E-state index contributed by atoms with van der Waals surface area (Å²) < 4.78 is 0. The van der Waals surface area contributed by atoms with Gasteiger partial charge in [0.1, 0.15) is 0 Å². The molecule has 0 aromatic heterocycles. The van der Waals surface area contributed by atoms with Gasteiger partial charge in [0.05, 0.1) is 5.02 Å². The largest absolute Gasteiger partial charge is 0.323 e. The lowest BCUT2D eigenvalue weighted by Gasteiger charge is -2.03. The maximum absolute atomic E-state index is 10.6. The number of benzene rings is 1. The molecular weight excluding hydrogens is 212 g/mol. The first-order valence-electron chi connectivity index (χ1n) is 4.45. The van der Waals surface area contributed by atoms with Crippen molar-refractivity contribution in [2.24, 2.45) is 0 Å². The number of hydrogen-bond donors (Lipinski definition) is 2. The quantitative estimate of drug-likeness (QED) is 0.601. The number of aldehydes is 1. The van der Waals surface area contributed by atoms with Gasteiger partial charge in [0.25, 0.3) is 0 Å². The Bertz CT molecular complexity index is 318. The summed E-state index contributed by atoms with van der Waals surface area (Å²) in [5.41, 5.74) is 1.88. The molecule has 0 saturated heterocycles. The third-order valence-corrected chi connectivity index (χ3v) is 2.04. The summed E-state index contributed by atoms with van der Waals surface area (Å²) in [6.45, 7) is 1.84. The number of carbonyl (C=O) groups is 1. The van der Waals surface area contributed by atoms with Crippen molar-refractivity contribution in [1.82, 2.24) is 5.32 Å². The molecule has 0 amide bonds. The third-order valence-electron chi connectivity index (χ3n) is 1.71. The van der Waals surface area contributed by atoms with Gasteiger partial charge in [-0.25, -0.2) is 0 Å². The van der Waals surface area contributed by atoms with Crippen LogP contribution in [0.2, 0.25) is 5.02 Å². The molecule has 3 nitrogen and oxygen atoms in total. The van der Waals surface area contributed by atoms with Gasteiger partial charge in [-0.1, -0.05) is 17.7 Å². The highest BCUT2D eigenvalue weighted by atomic mass is 35.5. The summed E-state index contributed by atoms with van der Waals surface area (Å²) >= 11 is 5.75. The van der Waals surface area contributed by atoms with E-state index in [4.69, 9.17) is 17.0 Å². The zero-order chi connectivity index (χ0) is 11.8. The Balaban J connectivity index is 0.000000583. The molecule has 0 atom stereocenters. The van der Waals surface area contributed by atoms with Crippen molar-refractivity contribution in [3.8, 4) is 0 Å². The Kier molecular flexibility index (Phi) is 6.58. The lowest BCUT2D eigenvalue weighted by atomic mass is 10.0. The van der Waals surface area contributed by atoms with Crippen LogP contribution in [0.5, 0.6) is 0 Å². The summed E-state index contributed by atoms with van der Waals surface area (Å²) in [5, 5.41) is 10.2. The Morgan fingerprint density at radius 2 is 1.87 bits per heavy atom. The average Bonchev–Trinajstić information content (AvgIpc) is 2.22. The van der Waals surface area contributed by atoms with Crippen LogP contribution < -0.4 is 5.32 Å². The molecule has 0 bridgehead atoms. The lowest BCUT2D eigenvalue weighted by molar-refractivity contribution is 0.112. The van der Waals surface area contributed by atoms with Crippen molar-refractivity contribution in [3.05, 3.63) is 33.8 Å². The number of hydrogen-bond acceptors (Lipinski definition) is 3. The molecule has 2 N–H and O–H groups in total. The normalized spacial score (nSPS) is 8.80. The molecule has 15 heavy (non-hydrogen) atoms. The van der Waals surface area contributed by atoms with E-state index in [0.29, 0.717) is 22.4 Å². The third kappa shape index (κ3) is 3.81. The van der Waals surface area contributed by atoms with E-state index in [2.05, 4.69) is 5.32 Å². The molecule has 0 radical (unpaired) electrons. The lowest BCUT2D eigenvalue weighted by Crippen LogP contribution is -1.95. The molecule has 0 spiro atoms. The Labute approximate surface area is 95.0 Å². The molecule has 0 heterocycles. The van der Waals surface area contributed by atoms with E-state index in [0.717, 1.165) is 11.8 Å². The molecule has 82 valence electrons. The smallest absolute Gasteiger partial charge is 0.152 e. The Hall–Kier alpha value is -1.19. The molecule has 1 aromatic carbocycles. The standard InChI is InChI=1S/C9H8ClNO.C2H7N/c1-6-2-3-9(10)8(5-12)7(6)4-11;1-3-2/h2-5,11H,1H3;3H,1-2H3. The fraction of sp³-hybridized carbons (Fsp3) is 0.273. The van der Waals surface area contributed by atoms with Gasteiger partial charge >= 0.3 is 0 Å². The second kappa shape index (κ2) is 7.15. The fourth-order valence-corrected chi connectivity index (χ4v) is 1.24. The average molecular weight is 227 g/mol. The van der Waals surface area contributed by atoms with Crippen LogP contribution in [0.1, 0.15) is 21.5 Å². The Morgan fingerprint density at radius 1 is 1.33 bits per heavy atom. The van der Waals surface area contributed by atoms with Crippen LogP contribution in [0.3, 0.4) is 0 Å². The van der Waals surface area contributed by atoms with Gasteiger partial charge in [-0.2, -0.15) is 0 Å². The summed E-state index contributed by atoms with van der Waals surface area (Å²) in [7, 11) is 3.75. The number of aryl methyl sites for hydroxylation is 1. The second-order valence-electron chi connectivity index (χ2n) is 2.95. The molecular formula is C11H15ClN2O. The maximum Gasteiger partial charge on any atom is 0.152 e. The predicted octanol–water partition coefficient (Wildman–Crippen LogP) is 2.29. The number of carbonyl (C=O) groups excluding carboxylic acids is 1. The zero-order valence-corrected chi connectivity index (χ0v) is 9.85. The van der Waals surface area contributed by atoms with E-state index in [-0.39, 0.29) is 0 Å². The first-order valence-corrected chi connectivity index (χ1v) is 4.83. The van der Waals surface area contributed by atoms with Gasteiger partial charge < -0.3 is 10.7 Å². The molecule has 1 rings (SSSR count). The van der Waals surface area contributed by atoms with Crippen molar-refractivity contribution < 1.29 is 4.79 Å². The van der Waals surface area contributed by atoms with Crippen LogP contribution in [0.15, 0.2) is 12.1 Å².